The van der Waals surface area contributed by atoms with E-state index in [1.807, 2.05) is 5.38 Å². The van der Waals surface area contributed by atoms with E-state index in [0.29, 0.717) is 0 Å². The zero-order valence-electron chi connectivity index (χ0n) is 6.45. The van der Waals surface area contributed by atoms with Gasteiger partial charge in [0.05, 0.1) is 0 Å². The lowest BCUT2D eigenvalue weighted by molar-refractivity contribution is 0.103. The number of aromatic nitrogens is 1. The van der Waals surface area contributed by atoms with E-state index in [2.05, 4.69) is 11.9 Å². The number of aliphatic hydroxyl groups excluding tert-OH is 1. The molecule has 60 valence electrons. The van der Waals surface area contributed by atoms with E-state index in [1.165, 1.54) is 11.3 Å². The SMILES string of the molecule is CC1(C(O)c2nccs2)CC1. The standard InChI is InChI=1S/C8H11NOS/c1-8(2-3-8)6(10)7-9-4-5-11-7/h4-6,10H,2-3H2,1H3. The van der Waals surface area contributed by atoms with E-state index in [-0.39, 0.29) is 11.5 Å². The normalized spacial score (nSPS) is 23.1. The van der Waals surface area contributed by atoms with Crippen LogP contribution >= 0.6 is 11.3 Å². The zero-order valence-corrected chi connectivity index (χ0v) is 7.27. The molecule has 1 aromatic heterocycles. The van der Waals surface area contributed by atoms with Gasteiger partial charge in [-0.15, -0.1) is 11.3 Å². The van der Waals surface area contributed by atoms with Crippen LogP contribution in [0.3, 0.4) is 0 Å². The molecular formula is C8H11NOS. The molecule has 0 bridgehead atoms. The summed E-state index contributed by atoms with van der Waals surface area (Å²) in [5, 5.41) is 12.5. The molecule has 1 saturated carbocycles. The number of rotatable bonds is 2. The van der Waals surface area contributed by atoms with Crippen LogP contribution in [0.15, 0.2) is 11.6 Å². The van der Waals surface area contributed by atoms with Gasteiger partial charge in [-0.3, -0.25) is 0 Å². The van der Waals surface area contributed by atoms with Crippen LogP contribution in [-0.2, 0) is 0 Å². The van der Waals surface area contributed by atoms with Gasteiger partial charge in [-0.25, -0.2) is 4.98 Å². The third-order valence-corrected chi connectivity index (χ3v) is 3.21. The van der Waals surface area contributed by atoms with Crippen LogP contribution in [0.25, 0.3) is 0 Å². The van der Waals surface area contributed by atoms with Crippen LogP contribution in [0, 0.1) is 5.41 Å². The maximum Gasteiger partial charge on any atom is 0.122 e. The number of thiazole rings is 1. The second-order valence-corrected chi connectivity index (χ2v) is 4.35. The molecule has 0 radical (unpaired) electrons. The molecule has 1 fully saturated rings. The van der Waals surface area contributed by atoms with E-state index in [0.717, 1.165) is 17.8 Å². The topological polar surface area (TPSA) is 33.1 Å². The van der Waals surface area contributed by atoms with Crippen molar-refractivity contribution in [1.29, 1.82) is 0 Å². The van der Waals surface area contributed by atoms with Crippen LogP contribution in [0.1, 0.15) is 30.9 Å². The molecule has 1 atom stereocenters. The highest BCUT2D eigenvalue weighted by Crippen LogP contribution is 2.54. The smallest absolute Gasteiger partial charge is 0.122 e. The Morgan fingerprint density at radius 2 is 2.45 bits per heavy atom. The molecule has 0 aromatic carbocycles. The zero-order chi connectivity index (χ0) is 7.90. The summed E-state index contributed by atoms with van der Waals surface area (Å²) in [5.74, 6) is 0. The Bertz CT molecular complexity index is 241. The molecule has 2 nitrogen and oxygen atoms in total. The van der Waals surface area contributed by atoms with Gasteiger partial charge in [-0.05, 0) is 12.8 Å². The molecule has 0 saturated heterocycles. The van der Waals surface area contributed by atoms with Crippen LogP contribution < -0.4 is 0 Å². The highest BCUT2D eigenvalue weighted by atomic mass is 32.1. The van der Waals surface area contributed by atoms with Crippen LogP contribution in [0.5, 0.6) is 0 Å². The van der Waals surface area contributed by atoms with Crippen molar-refractivity contribution in [2.24, 2.45) is 5.41 Å². The van der Waals surface area contributed by atoms with Gasteiger partial charge in [0.2, 0.25) is 0 Å². The second-order valence-electron chi connectivity index (χ2n) is 3.43. The quantitative estimate of drug-likeness (QED) is 0.734. The lowest BCUT2D eigenvalue weighted by atomic mass is 10.0. The van der Waals surface area contributed by atoms with Gasteiger partial charge in [0.25, 0.3) is 0 Å². The molecule has 0 aliphatic heterocycles. The first-order valence-electron chi connectivity index (χ1n) is 3.80. The van der Waals surface area contributed by atoms with E-state index < -0.39 is 0 Å². The third kappa shape index (κ3) is 1.19. The lowest BCUT2D eigenvalue weighted by Crippen LogP contribution is -2.08. The first-order valence-corrected chi connectivity index (χ1v) is 4.68. The molecule has 0 spiro atoms. The first kappa shape index (κ1) is 7.25. The summed E-state index contributed by atoms with van der Waals surface area (Å²) in [6.45, 7) is 2.11. The largest absolute Gasteiger partial charge is 0.385 e. The number of nitrogens with zero attached hydrogens (tertiary/aromatic N) is 1. The summed E-state index contributed by atoms with van der Waals surface area (Å²) < 4.78 is 0. The fourth-order valence-corrected chi connectivity index (χ4v) is 1.93. The van der Waals surface area contributed by atoms with Crippen LogP contribution in [-0.4, -0.2) is 10.1 Å². The van der Waals surface area contributed by atoms with Gasteiger partial charge in [-0.2, -0.15) is 0 Å². The van der Waals surface area contributed by atoms with Crippen molar-refractivity contribution in [3.05, 3.63) is 16.6 Å². The number of hydrogen-bond acceptors (Lipinski definition) is 3. The van der Waals surface area contributed by atoms with Crippen molar-refractivity contribution in [2.75, 3.05) is 0 Å². The highest BCUT2D eigenvalue weighted by molar-refractivity contribution is 7.09. The van der Waals surface area contributed by atoms with Gasteiger partial charge >= 0.3 is 0 Å². The molecule has 3 heteroatoms. The third-order valence-electron chi connectivity index (χ3n) is 2.38. The molecular weight excluding hydrogens is 158 g/mol. The van der Waals surface area contributed by atoms with Gasteiger partial charge in [0, 0.05) is 17.0 Å². The van der Waals surface area contributed by atoms with Gasteiger partial charge in [0.1, 0.15) is 11.1 Å². The monoisotopic (exact) mass is 169 g/mol. The summed E-state index contributed by atoms with van der Waals surface area (Å²) in [6.07, 6.45) is 3.68. The van der Waals surface area contributed by atoms with Gasteiger partial charge < -0.3 is 5.11 Å². The Balaban J connectivity index is 2.17. The fourth-order valence-electron chi connectivity index (χ4n) is 1.14. The van der Waals surface area contributed by atoms with Crippen LogP contribution in [0.2, 0.25) is 0 Å². The molecule has 2 rings (SSSR count). The average molecular weight is 169 g/mol. The number of hydrogen-bond donors (Lipinski definition) is 1. The average Bonchev–Trinajstić information content (AvgIpc) is 2.54. The van der Waals surface area contributed by atoms with Crippen molar-refractivity contribution in [3.63, 3.8) is 0 Å². The Morgan fingerprint density at radius 3 is 2.91 bits per heavy atom. The van der Waals surface area contributed by atoms with Crippen LogP contribution in [0.4, 0.5) is 0 Å². The molecule has 1 N–H and O–H groups in total. The predicted octanol–water partition coefficient (Wildman–Crippen LogP) is 1.98. The van der Waals surface area contributed by atoms with Gasteiger partial charge in [0.15, 0.2) is 0 Å². The van der Waals surface area contributed by atoms with Crippen molar-refractivity contribution in [2.45, 2.75) is 25.9 Å². The second kappa shape index (κ2) is 2.29. The first-order chi connectivity index (χ1) is 5.22. The summed E-state index contributed by atoms with van der Waals surface area (Å²) in [6, 6.07) is 0. The molecule has 11 heavy (non-hydrogen) atoms. The highest BCUT2D eigenvalue weighted by Gasteiger charge is 2.45. The maximum atomic E-state index is 9.76. The Labute approximate surface area is 69.9 Å². The Hall–Kier alpha value is -0.410. The van der Waals surface area contributed by atoms with Gasteiger partial charge in [-0.1, -0.05) is 6.92 Å². The van der Waals surface area contributed by atoms with E-state index in [9.17, 15) is 5.11 Å². The predicted molar refractivity (Wildman–Crippen MR) is 44.4 cm³/mol. The lowest BCUT2D eigenvalue weighted by Gasteiger charge is -2.13. The minimum atomic E-state index is -0.331. The summed E-state index contributed by atoms with van der Waals surface area (Å²) in [7, 11) is 0. The van der Waals surface area contributed by atoms with E-state index in [1.54, 1.807) is 6.20 Å². The summed E-state index contributed by atoms with van der Waals surface area (Å²) in [4.78, 5) is 4.09. The fraction of sp³-hybridized carbons (Fsp3) is 0.625. The van der Waals surface area contributed by atoms with Crippen molar-refractivity contribution in [3.8, 4) is 0 Å². The maximum absolute atomic E-state index is 9.76. The Morgan fingerprint density at radius 1 is 1.73 bits per heavy atom. The molecule has 1 aliphatic rings. The van der Waals surface area contributed by atoms with E-state index >= 15 is 0 Å². The molecule has 0 amide bonds. The molecule has 1 aliphatic carbocycles. The summed E-state index contributed by atoms with van der Waals surface area (Å²) >= 11 is 1.54. The van der Waals surface area contributed by atoms with E-state index in [4.69, 9.17) is 0 Å². The minimum absolute atomic E-state index is 0.137. The summed E-state index contributed by atoms with van der Waals surface area (Å²) in [5.41, 5.74) is 0.137. The molecule has 1 aromatic rings. The number of aliphatic hydroxyl groups is 1. The van der Waals surface area contributed by atoms with Crippen molar-refractivity contribution < 1.29 is 5.11 Å². The Kier molecular flexibility index (Phi) is 1.51. The van der Waals surface area contributed by atoms with Crippen molar-refractivity contribution in [1.82, 2.24) is 4.98 Å². The molecule has 1 heterocycles. The minimum Gasteiger partial charge on any atom is -0.385 e. The molecule has 1 unspecified atom stereocenters. The van der Waals surface area contributed by atoms with Crippen molar-refractivity contribution >= 4 is 11.3 Å².